The Kier molecular flexibility index (Phi) is 3.16. The van der Waals surface area contributed by atoms with E-state index in [0.29, 0.717) is 12.0 Å². The third kappa shape index (κ3) is 2.24. The maximum atomic E-state index is 4.32. The van der Waals surface area contributed by atoms with Gasteiger partial charge in [-0.05, 0) is 32.9 Å². The van der Waals surface area contributed by atoms with E-state index in [2.05, 4.69) is 26.7 Å². The highest BCUT2D eigenvalue weighted by molar-refractivity contribution is 5.11. The van der Waals surface area contributed by atoms with E-state index < -0.39 is 0 Å². The van der Waals surface area contributed by atoms with Crippen LogP contribution in [0.15, 0.2) is 12.5 Å². The number of likely N-dealkylation sites (tertiary alicyclic amines) is 1. The van der Waals surface area contributed by atoms with Crippen molar-refractivity contribution in [2.45, 2.75) is 38.3 Å². The summed E-state index contributed by atoms with van der Waals surface area (Å²) in [4.78, 5) is 6.92. The highest BCUT2D eigenvalue weighted by Gasteiger charge is 2.24. The van der Waals surface area contributed by atoms with Crippen LogP contribution in [0, 0.1) is 0 Å². The van der Waals surface area contributed by atoms with Crippen LogP contribution in [0.2, 0.25) is 0 Å². The average molecular weight is 234 g/mol. The van der Waals surface area contributed by atoms with Crippen LogP contribution in [0.3, 0.4) is 0 Å². The van der Waals surface area contributed by atoms with Gasteiger partial charge in [0.1, 0.15) is 0 Å². The molecule has 2 aliphatic heterocycles. The predicted octanol–water partition coefficient (Wildman–Crippen LogP) is 1.05. The molecule has 3 rings (SSSR count). The number of aromatic nitrogens is 2. The van der Waals surface area contributed by atoms with Crippen LogP contribution in [0.5, 0.6) is 0 Å². The van der Waals surface area contributed by atoms with E-state index >= 15 is 0 Å². The molecule has 0 amide bonds. The summed E-state index contributed by atoms with van der Waals surface area (Å²) in [6, 6.07) is 0.637. The van der Waals surface area contributed by atoms with Gasteiger partial charge < -0.3 is 9.88 Å². The van der Waals surface area contributed by atoms with E-state index in [1.54, 1.807) is 0 Å². The molecule has 4 nitrogen and oxygen atoms in total. The van der Waals surface area contributed by atoms with Crippen molar-refractivity contribution in [3.63, 3.8) is 0 Å². The third-order valence-corrected chi connectivity index (χ3v) is 4.17. The molecule has 0 bridgehead atoms. The van der Waals surface area contributed by atoms with Crippen molar-refractivity contribution in [3.8, 4) is 0 Å². The molecule has 2 aliphatic rings. The number of imidazole rings is 1. The zero-order valence-electron chi connectivity index (χ0n) is 10.6. The molecule has 1 aromatic heterocycles. The Bertz CT molecular complexity index is 363. The largest absolute Gasteiger partial charge is 0.333 e. The molecule has 0 aromatic carbocycles. The molecule has 17 heavy (non-hydrogen) atoms. The van der Waals surface area contributed by atoms with Gasteiger partial charge >= 0.3 is 0 Å². The molecule has 0 aliphatic carbocycles. The summed E-state index contributed by atoms with van der Waals surface area (Å²) in [6.07, 6.45) is 6.78. The van der Waals surface area contributed by atoms with Gasteiger partial charge in [-0.1, -0.05) is 0 Å². The van der Waals surface area contributed by atoms with Gasteiger partial charge in [0, 0.05) is 43.5 Å². The maximum Gasteiger partial charge on any atom is 0.0948 e. The van der Waals surface area contributed by atoms with E-state index in [1.165, 1.54) is 31.6 Å². The SMILES string of the molecule is CC(Cn1cncc1C1CNC1)N1CCCC1. The van der Waals surface area contributed by atoms with Crippen molar-refractivity contribution in [1.29, 1.82) is 0 Å². The molecular formula is C13H22N4. The highest BCUT2D eigenvalue weighted by atomic mass is 15.2. The average Bonchev–Trinajstić information content (AvgIpc) is 2.86. The van der Waals surface area contributed by atoms with Gasteiger partial charge in [-0.15, -0.1) is 0 Å². The quantitative estimate of drug-likeness (QED) is 0.845. The number of rotatable bonds is 4. The van der Waals surface area contributed by atoms with Gasteiger partial charge in [-0.25, -0.2) is 4.98 Å². The summed E-state index contributed by atoms with van der Waals surface area (Å²) in [5.41, 5.74) is 1.41. The lowest BCUT2D eigenvalue weighted by molar-refractivity contribution is 0.232. The minimum Gasteiger partial charge on any atom is -0.333 e. The Hall–Kier alpha value is -0.870. The molecule has 1 unspecified atom stereocenters. The van der Waals surface area contributed by atoms with Crippen molar-refractivity contribution >= 4 is 0 Å². The van der Waals surface area contributed by atoms with Crippen molar-refractivity contribution in [2.75, 3.05) is 26.2 Å². The van der Waals surface area contributed by atoms with Gasteiger partial charge in [0.05, 0.1) is 6.33 Å². The molecule has 2 fully saturated rings. The Morgan fingerprint density at radius 3 is 2.82 bits per heavy atom. The van der Waals surface area contributed by atoms with Crippen LogP contribution in [0.25, 0.3) is 0 Å². The van der Waals surface area contributed by atoms with E-state index in [4.69, 9.17) is 0 Å². The Labute approximate surface area is 103 Å². The highest BCUT2D eigenvalue weighted by Crippen LogP contribution is 2.20. The molecule has 1 atom stereocenters. The van der Waals surface area contributed by atoms with Crippen molar-refractivity contribution in [2.24, 2.45) is 0 Å². The molecule has 2 saturated heterocycles. The fourth-order valence-electron chi connectivity index (χ4n) is 2.90. The zero-order chi connectivity index (χ0) is 11.7. The molecule has 0 spiro atoms. The van der Waals surface area contributed by atoms with Crippen LogP contribution in [0.4, 0.5) is 0 Å². The first-order valence-corrected chi connectivity index (χ1v) is 6.79. The van der Waals surface area contributed by atoms with Crippen molar-refractivity contribution < 1.29 is 0 Å². The first-order valence-electron chi connectivity index (χ1n) is 6.79. The number of nitrogens with one attached hydrogen (secondary N) is 1. The van der Waals surface area contributed by atoms with Crippen LogP contribution in [-0.4, -0.2) is 46.7 Å². The smallest absolute Gasteiger partial charge is 0.0948 e. The van der Waals surface area contributed by atoms with Crippen molar-refractivity contribution in [3.05, 3.63) is 18.2 Å². The number of hydrogen-bond donors (Lipinski definition) is 1. The molecular weight excluding hydrogens is 212 g/mol. The fourth-order valence-corrected chi connectivity index (χ4v) is 2.90. The Morgan fingerprint density at radius 2 is 2.18 bits per heavy atom. The summed E-state index contributed by atoms with van der Waals surface area (Å²) in [6.45, 7) is 8.21. The third-order valence-electron chi connectivity index (χ3n) is 4.17. The molecule has 94 valence electrons. The molecule has 0 saturated carbocycles. The second kappa shape index (κ2) is 4.78. The summed E-state index contributed by atoms with van der Waals surface area (Å²) in [5.74, 6) is 0.684. The summed E-state index contributed by atoms with van der Waals surface area (Å²) in [5, 5.41) is 3.33. The topological polar surface area (TPSA) is 33.1 Å². The molecule has 1 N–H and O–H groups in total. The second-order valence-corrected chi connectivity index (χ2v) is 5.42. The molecule has 3 heterocycles. The second-order valence-electron chi connectivity index (χ2n) is 5.42. The summed E-state index contributed by atoms with van der Waals surface area (Å²) < 4.78 is 2.36. The minimum absolute atomic E-state index is 0.637. The van der Waals surface area contributed by atoms with Gasteiger partial charge in [0.15, 0.2) is 0 Å². The lowest BCUT2D eigenvalue weighted by Crippen LogP contribution is -2.41. The Balaban J connectivity index is 1.65. The lowest BCUT2D eigenvalue weighted by Gasteiger charge is -2.30. The normalized spacial score (nSPS) is 23.8. The van der Waals surface area contributed by atoms with Gasteiger partial charge in [0.2, 0.25) is 0 Å². The first-order chi connectivity index (χ1) is 8.34. The zero-order valence-corrected chi connectivity index (χ0v) is 10.6. The first kappa shape index (κ1) is 11.2. The van der Waals surface area contributed by atoms with Crippen LogP contribution in [0.1, 0.15) is 31.4 Å². The lowest BCUT2D eigenvalue weighted by atomic mass is 10.00. The van der Waals surface area contributed by atoms with Gasteiger partial charge in [-0.2, -0.15) is 0 Å². The monoisotopic (exact) mass is 234 g/mol. The van der Waals surface area contributed by atoms with Gasteiger partial charge in [0.25, 0.3) is 0 Å². The van der Waals surface area contributed by atoms with E-state index in [1.807, 2.05) is 12.5 Å². The fraction of sp³-hybridized carbons (Fsp3) is 0.769. The van der Waals surface area contributed by atoms with E-state index in [-0.39, 0.29) is 0 Å². The van der Waals surface area contributed by atoms with E-state index in [9.17, 15) is 0 Å². The van der Waals surface area contributed by atoms with E-state index in [0.717, 1.165) is 19.6 Å². The van der Waals surface area contributed by atoms with Crippen LogP contribution >= 0.6 is 0 Å². The summed E-state index contributed by atoms with van der Waals surface area (Å²) in [7, 11) is 0. The molecule has 0 radical (unpaired) electrons. The predicted molar refractivity (Wildman–Crippen MR) is 68.1 cm³/mol. The molecule has 4 heteroatoms. The molecule has 1 aromatic rings. The summed E-state index contributed by atoms with van der Waals surface area (Å²) >= 11 is 0. The number of hydrogen-bond acceptors (Lipinski definition) is 3. The minimum atomic E-state index is 0.637. The standard InChI is InChI=1S/C13H22N4/c1-11(16-4-2-3-5-16)9-17-10-15-8-13(17)12-6-14-7-12/h8,10-12,14H,2-7,9H2,1H3. The Morgan fingerprint density at radius 1 is 1.41 bits per heavy atom. The van der Waals surface area contributed by atoms with Gasteiger partial charge in [-0.3, -0.25) is 4.90 Å². The van der Waals surface area contributed by atoms with Crippen LogP contribution in [-0.2, 0) is 6.54 Å². The van der Waals surface area contributed by atoms with Crippen molar-refractivity contribution in [1.82, 2.24) is 19.8 Å². The number of nitrogens with zero attached hydrogens (tertiary/aromatic N) is 3. The van der Waals surface area contributed by atoms with Crippen LogP contribution < -0.4 is 5.32 Å². The maximum absolute atomic E-state index is 4.32.